The SMILES string of the molecule is COc1cc(-c2cccc(C3CCN(C(C)=O)C3)c2)cc2onc(C)c12. The highest BCUT2D eigenvalue weighted by molar-refractivity contribution is 5.90. The first kappa shape index (κ1) is 16.6. The Hall–Kier alpha value is -2.82. The summed E-state index contributed by atoms with van der Waals surface area (Å²) in [5.74, 6) is 1.31. The molecule has 4 rings (SSSR count). The maximum Gasteiger partial charge on any atom is 0.219 e. The first-order valence-electron chi connectivity index (χ1n) is 8.86. The molecule has 0 N–H and O–H groups in total. The minimum absolute atomic E-state index is 0.152. The number of ether oxygens (including phenoxy) is 1. The second kappa shape index (κ2) is 6.48. The van der Waals surface area contributed by atoms with Crippen molar-refractivity contribution < 1.29 is 14.1 Å². The number of hydrogen-bond acceptors (Lipinski definition) is 4. The number of benzene rings is 2. The van der Waals surface area contributed by atoms with Gasteiger partial charge in [0.1, 0.15) is 5.75 Å². The van der Waals surface area contributed by atoms with E-state index in [0.717, 1.165) is 53.0 Å². The summed E-state index contributed by atoms with van der Waals surface area (Å²) < 4.78 is 11.0. The topological polar surface area (TPSA) is 55.6 Å². The van der Waals surface area contributed by atoms with Crippen LogP contribution >= 0.6 is 0 Å². The van der Waals surface area contributed by atoms with Crippen LogP contribution in [0.3, 0.4) is 0 Å². The third-order valence-corrected chi connectivity index (χ3v) is 5.25. The van der Waals surface area contributed by atoms with Crippen molar-refractivity contribution in [1.82, 2.24) is 10.1 Å². The van der Waals surface area contributed by atoms with Crippen LogP contribution in [0.1, 0.15) is 30.5 Å². The molecule has 26 heavy (non-hydrogen) atoms. The van der Waals surface area contributed by atoms with Gasteiger partial charge in [0.2, 0.25) is 5.91 Å². The standard InChI is InChI=1S/C21H22N2O3/c1-13-21-19(25-3)10-18(11-20(21)26-22-13)16-6-4-5-15(9-16)17-7-8-23(12-17)14(2)24/h4-6,9-11,17H,7-8,12H2,1-3H3. The summed E-state index contributed by atoms with van der Waals surface area (Å²) in [6, 6.07) is 12.5. The minimum Gasteiger partial charge on any atom is -0.496 e. The first-order chi connectivity index (χ1) is 12.6. The lowest BCUT2D eigenvalue weighted by molar-refractivity contribution is -0.127. The van der Waals surface area contributed by atoms with E-state index in [0.29, 0.717) is 5.92 Å². The van der Waals surface area contributed by atoms with E-state index < -0.39 is 0 Å². The van der Waals surface area contributed by atoms with Gasteiger partial charge >= 0.3 is 0 Å². The Balaban J connectivity index is 1.71. The second-order valence-corrected chi connectivity index (χ2v) is 6.90. The van der Waals surface area contributed by atoms with Crippen LogP contribution in [0.5, 0.6) is 5.75 Å². The van der Waals surface area contributed by atoms with Crippen LogP contribution in [0, 0.1) is 6.92 Å². The molecule has 0 aliphatic carbocycles. The van der Waals surface area contributed by atoms with Crippen molar-refractivity contribution in [2.24, 2.45) is 0 Å². The highest BCUT2D eigenvalue weighted by atomic mass is 16.5. The summed E-state index contributed by atoms with van der Waals surface area (Å²) >= 11 is 0. The number of methoxy groups -OCH3 is 1. The minimum atomic E-state index is 0.152. The molecule has 1 saturated heterocycles. The zero-order valence-electron chi connectivity index (χ0n) is 15.3. The van der Waals surface area contributed by atoms with Gasteiger partial charge in [0.05, 0.1) is 18.2 Å². The Morgan fingerprint density at radius 1 is 1.27 bits per heavy atom. The van der Waals surface area contributed by atoms with Crippen LogP contribution in [0.15, 0.2) is 40.9 Å². The molecule has 1 fully saturated rings. The normalized spacial score (nSPS) is 17.0. The average molecular weight is 350 g/mol. The van der Waals surface area contributed by atoms with Gasteiger partial charge in [0.15, 0.2) is 5.58 Å². The molecule has 134 valence electrons. The number of nitrogens with zero attached hydrogens (tertiary/aromatic N) is 2. The molecule has 2 aromatic carbocycles. The Kier molecular flexibility index (Phi) is 4.15. The van der Waals surface area contributed by atoms with Gasteiger partial charge in [-0.2, -0.15) is 0 Å². The number of likely N-dealkylation sites (tertiary alicyclic amines) is 1. The van der Waals surface area contributed by atoms with Gasteiger partial charge in [-0.15, -0.1) is 0 Å². The van der Waals surface area contributed by atoms with Crippen molar-refractivity contribution in [2.75, 3.05) is 20.2 Å². The zero-order chi connectivity index (χ0) is 18.3. The van der Waals surface area contributed by atoms with Crippen LogP contribution in [-0.4, -0.2) is 36.2 Å². The molecule has 1 atom stereocenters. The van der Waals surface area contributed by atoms with Crippen molar-refractivity contribution >= 4 is 16.9 Å². The number of aromatic nitrogens is 1. The molecule has 1 unspecified atom stereocenters. The van der Waals surface area contributed by atoms with Gasteiger partial charge in [-0.25, -0.2) is 0 Å². The summed E-state index contributed by atoms with van der Waals surface area (Å²) in [4.78, 5) is 13.5. The summed E-state index contributed by atoms with van der Waals surface area (Å²) in [5, 5.41) is 4.97. The summed E-state index contributed by atoms with van der Waals surface area (Å²) in [7, 11) is 1.66. The number of amides is 1. The third kappa shape index (κ3) is 2.83. The number of carbonyl (C=O) groups is 1. The molecule has 0 saturated carbocycles. The Morgan fingerprint density at radius 2 is 2.12 bits per heavy atom. The van der Waals surface area contributed by atoms with Gasteiger partial charge in [0, 0.05) is 25.9 Å². The van der Waals surface area contributed by atoms with Crippen LogP contribution in [0.25, 0.3) is 22.1 Å². The van der Waals surface area contributed by atoms with E-state index in [4.69, 9.17) is 9.26 Å². The molecular weight excluding hydrogens is 328 g/mol. The van der Waals surface area contributed by atoms with E-state index in [1.807, 2.05) is 24.0 Å². The number of rotatable bonds is 3. The van der Waals surface area contributed by atoms with Gasteiger partial charge in [-0.05, 0) is 42.2 Å². The molecule has 1 amide bonds. The smallest absolute Gasteiger partial charge is 0.219 e. The van der Waals surface area contributed by atoms with Gasteiger partial charge in [-0.3, -0.25) is 4.79 Å². The third-order valence-electron chi connectivity index (χ3n) is 5.25. The molecule has 0 spiro atoms. The molecule has 1 aromatic heterocycles. The van der Waals surface area contributed by atoms with Crippen molar-refractivity contribution in [1.29, 1.82) is 0 Å². The molecule has 1 aliphatic heterocycles. The molecule has 1 aliphatic rings. The highest BCUT2D eigenvalue weighted by Gasteiger charge is 2.25. The molecule has 2 heterocycles. The maximum atomic E-state index is 11.6. The van der Waals surface area contributed by atoms with E-state index in [9.17, 15) is 4.79 Å². The number of carbonyl (C=O) groups excluding carboxylic acids is 1. The lowest BCUT2D eigenvalue weighted by Gasteiger charge is -2.15. The maximum absolute atomic E-state index is 11.6. The monoisotopic (exact) mass is 350 g/mol. The second-order valence-electron chi connectivity index (χ2n) is 6.90. The molecule has 0 radical (unpaired) electrons. The molecule has 3 aromatic rings. The van der Waals surface area contributed by atoms with Crippen molar-refractivity contribution in [3.8, 4) is 16.9 Å². The number of aryl methyl sites for hydroxylation is 1. The number of fused-ring (bicyclic) bond motifs is 1. The predicted octanol–water partition coefficient (Wildman–Crippen LogP) is 4.15. The van der Waals surface area contributed by atoms with Crippen LogP contribution in [0.4, 0.5) is 0 Å². The van der Waals surface area contributed by atoms with Gasteiger partial charge in [-0.1, -0.05) is 29.4 Å². The van der Waals surface area contributed by atoms with E-state index >= 15 is 0 Å². The fraction of sp³-hybridized carbons (Fsp3) is 0.333. The van der Waals surface area contributed by atoms with E-state index in [-0.39, 0.29) is 5.91 Å². The molecule has 0 bridgehead atoms. The van der Waals surface area contributed by atoms with Crippen LogP contribution in [0.2, 0.25) is 0 Å². The lowest BCUT2D eigenvalue weighted by atomic mass is 9.94. The molecule has 5 heteroatoms. The first-order valence-corrected chi connectivity index (χ1v) is 8.86. The summed E-state index contributed by atoms with van der Waals surface area (Å²) in [5.41, 5.74) is 4.96. The van der Waals surface area contributed by atoms with E-state index in [1.165, 1.54) is 5.56 Å². The zero-order valence-corrected chi connectivity index (χ0v) is 15.3. The average Bonchev–Trinajstić information content (AvgIpc) is 3.29. The Labute approximate surface area is 152 Å². The fourth-order valence-electron chi connectivity index (χ4n) is 3.80. The number of hydrogen-bond donors (Lipinski definition) is 0. The lowest BCUT2D eigenvalue weighted by Crippen LogP contribution is -2.25. The van der Waals surface area contributed by atoms with Crippen LogP contribution in [-0.2, 0) is 4.79 Å². The molecular formula is C21H22N2O3. The van der Waals surface area contributed by atoms with Gasteiger partial charge < -0.3 is 14.2 Å². The Morgan fingerprint density at radius 3 is 2.85 bits per heavy atom. The fourth-order valence-corrected chi connectivity index (χ4v) is 3.80. The highest BCUT2D eigenvalue weighted by Crippen LogP contribution is 2.36. The quantitative estimate of drug-likeness (QED) is 0.712. The van der Waals surface area contributed by atoms with Crippen molar-refractivity contribution in [3.63, 3.8) is 0 Å². The Bertz CT molecular complexity index is 977. The molecule has 5 nitrogen and oxygen atoms in total. The van der Waals surface area contributed by atoms with Crippen LogP contribution < -0.4 is 4.74 Å². The van der Waals surface area contributed by atoms with Crippen molar-refractivity contribution in [3.05, 3.63) is 47.7 Å². The van der Waals surface area contributed by atoms with E-state index in [2.05, 4.69) is 29.4 Å². The largest absolute Gasteiger partial charge is 0.496 e. The van der Waals surface area contributed by atoms with Crippen molar-refractivity contribution in [2.45, 2.75) is 26.2 Å². The van der Waals surface area contributed by atoms with Gasteiger partial charge in [0.25, 0.3) is 0 Å². The summed E-state index contributed by atoms with van der Waals surface area (Å²) in [6.07, 6.45) is 1.01. The van der Waals surface area contributed by atoms with E-state index in [1.54, 1.807) is 14.0 Å². The summed E-state index contributed by atoms with van der Waals surface area (Å²) in [6.45, 7) is 5.18. The predicted molar refractivity (Wildman–Crippen MR) is 100 cm³/mol.